The van der Waals surface area contributed by atoms with Gasteiger partial charge in [-0.15, -0.1) is 0 Å². The second-order valence-electron chi connectivity index (χ2n) is 5.84. The predicted molar refractivity (Wildman–Crippen MR) is 73.5 cm³/mol. The molecular formula is C15H25NO. The van der Waals surface area contributed by atoms with E-state index < -0.39 is 0 Å². The van der Waals surface area contributed by atoms with Gasteiger partial charge in [-0.2, -0.15) is 0 Å². The van der Waals surface area contributed by atoms with Crippen molar-refractivity contribution in [3.8, 4) is 5.75 Å². The zero-order valence-electron chi connectivity index (χ0n) is 11.7. The molecule has 2 heteroatoms. The first-order valence-electron chi connectivity index (χ1n) is 6.23. The fraction of sp³-hybridized carbons (Fsp3) is 0.600. The molecule has 0 saturated carbocycles. The highest BCUT2D eigenvalue weighted by Gasteiger charge is 2.22. The summed E-state index contributed by atoms with van der Waals surface area (Å²) in [4.78, 5) is 0. The van der Waals surface area contributed by atoms with Crippen LogP contribution in [0.1, 0.15) is 38.3 Å². The summed E-state index contributed by atoms with van der Waals surface area (Å²) in [6, 6.07) is 6.58. The van der Waals surface area contributed by atoms with E-state index in [1.165, 1.54) is 11.1 Å². The number of benzene rings is 1. The first-order chi connectivity index (χ1) is 7.84. The van der Waals surface area contributed by atoms with Gasteiger partial charge in [-0.25, -0.2) is 0 Å². The van der Waals surface area contributed by atoms with Crippen molar-refractivity contribution in [3.63, 3.8) is 0 Å². The third-order valence-electron chi connectivity index (χ3n) is 2.98. The van der Waals surface area contributed by atoms with Gasteiger partial charge in [-0.05, 0) is 43.7 Å². The van der Waals surface area contributed by atoms with Crippen LogP contribution in [0, 0.1) is 12.3 Å². The molecule has 0 aliphatic rings. The van der Waals surface area contributed by atoms with Crippen LogP contribution < -0.4 is 10.5 Å². The Morgan fingerprint density at radius 1 is 1.35 bits per heavy atom. The molecule has 0 aromatic heterocycles. The molecule has 0 amide bonds. The molecule has 1 rings (SSSR count). The monoisotopic (exact) mass is 235 g/mol. The Morgan fingerprint density at radius 2 is 2.00 bits per heavy atom. The van der Waals surface area contributed by atoms with E-state index in [1.54, 1.807) is 7.11 Å². The van der Waals surface area contributed by atoms with Gasteiger partial charge < -0.3 is 10.5 Å². The second kappa shape index (κ2) is 5.54. The van der Waals surface area contributed by atoms with Gasteiger partial charge in [-0.1, -0.05) is 31.5 Å². The number of aryl methyl sites for hydroxylation is 1. The fourth-order valence-corrected chi connectivity index (χ4v) is 2.50. The van der Waals surface area contributed by atoms with Gasteiger partial charge in [0, 0.05) is 6.04 Å². The maximum absolute atomic E-state index is 5.90. The molecule has 0 radical (unpaired) electrons. The van der Waals surface area contributed by atoms with E-state index in [4.69, 9.17) is 10.5 Å². The Morgan fingerprint density at radius 3 is 2.53 bits per heavy atom. The first-order valence-corrected chi connectivity index (χ1v) is 6.23. The van der Waals surface area contributed by atoms with Crippen LogP contribution in [0.5, 0.6) is 5.75 Å². The quantitative estimate of drug-likeness (QED) is 0.849. The molecule has 96 valence electrons. The van der Waals surface area contributed by atoms with Gasteiger partial charge in [0.1, 0.15) is 5.75 Å². The minimum Gasteiger partial charge on any atom is -0.496 e. The molecule has 2 N–H and O–H groups in total. The summed E-state index contributed by atoms with van der Waals surface area (Å²) in [6.07, 6.45) is 2.02. The smallest absolute Gasteiger partial charge is 0.122 e. The van der Waals surface area contributed by atoms with Crippen molar-refractivity contribution < 1.29 is 4.74 Å². The molecule has 0 saturated heterocycles. The molecule has 0 heterocycles. The van der Waals surface area contributed by atoms with Crippen LogP contribution in [0.2, 0.25) is 0 Å². The van der Waals surface area contributed by atoms with Gasteiger partial charge in [0.15, 0.2) is 0 Å². The minimum absolute atomic E-state index is 0.204. The maximum Gasteiger partial charge on any atom is 0.122 e. The number of methoxy groups -OCH3 is 1. The van der Waals surface area contributed by atoms with Crippen LogP contribution in [0.3, 0.4) is 0 Å². The largest absolute Gasteiger partial charge is 0.496 e. The Bertz CT molecular complexity index is 369. The van der Waals surface area contributed by atoms with Crippen molar-refractivity contribution in [1.29, 1.82) is 0 Å². The summed E-state index contributed by atoms with van der Waals surface area (Å²) in [5.41, 5.74) is 8.66. The maximum atomic E-state index is 5.90. The number of ether oxygens (including phenoxy) is 1. The standard InChI is InChI=1S/C15H25NO/c1-11-6-7-14(17-5)13(8-11)10-15(3,4)9-12(2)16/h6-8,12H,9-10,16H2,1-5H3. The Labute approximate surface area is 105 Å². The molecule has 0 fully saturated rings. The van der Waals surface area contributed by atoms with Crippen molar-refractivity contribution in [2.45, 2.75) is 46.6 Å². The van der Waals surface area contributed by atoms with Crippen molar-refractivity contribution in [2.75, 3.05) is 7.11 Å². The van der Waals surface area contributed by atoms with Crippen LogP contribution in [0.15, 0.2) is 18.2 Å². The topological polar surface area (TPSA) is 35.2 Å². The predicted octanol–water partition coefficient (Wildman–Crippen LogP) is 3.31. The number of hydrogen-bond donors (Lipinski definition) is 1. The van der Waals surface area contributed by atoms with E-state index in [-0.39, 0.29) is 11.5 Å². The molecular weight excluding hydrogens is 210 g/mol. The molecule has 1 unspecified atom stereocenters. The van der Waals surface area contributed by atoms with Crippen LogP contribution in [0.4, 0.5) is 0 Å². The van der Waals surface area contributed by atoms with Crippen LogP contribution in [0.25, 0.3) is 0 Å². The Kier molecular flexibility index (Phi) is 4.58. The molecule has 17 heavy (non-hydrogen) atoms. The fourth-order valence-electron chi connectivity index (χ4n) is 2.50. The molecule has 0 aliphatic carbocycles. The van der Waals surface area contributed by atoms with Crippen LogP contribution >= 0.6 is 0 Å². The van der Waals surface area contributed by atoms with Gasteiger partial charge in [0.05, 0.1) is 7.11 Å². The van der Waals surface area contributed by atoms with E-state index in [0.29, 0.717) is 0 Å². The zero-order valence-corrected chi connectivity index (χ0v) is 11.7. The van der Waals surface area contributed by atoms with Gasteiger partial charge in [-0.3, -0.25) is 0 Å². The van der Waals surface area contributed by atoms with Gasteiger partial charge in [0.25, 0.3) is 0 Å². The minimum atomic E-state index is 0.204. The SMILES string of the molecule is COc1ccc(C)cc1CC(C)(C)CC(C)N. The van der Waals surface area contributed by atoms with Gasteiger partial charge in [0.2, 0.25) is 0 Å². The molecule has 0 spiro atoms. The van der Waals surface area contributed by atoms with E-state index in [1.807, 2.05) is 6.07 Å². The lowest BCUT2D eigenvalue weighted by molar-refractivity contribution is 0.303. The highest BCUT2D eigenvalue weighted by atomic mass is 16.5. The van der Waals surface area contributed by atoms with Crippen LogP contribution in [-0.2, 0) is 6.42 Å². The summed E-state index contributed by atoms with van der Waals surface area (Å²) >= 11 is 0. The molecule has 1 atom stereocenters. The van der Waals surface area contributed by atoms with E-state index >= 15 is 0 Å². The molecule has 0 aliphatic heterocycles. The third-order valence-corrected chi connectivity index (χ3v) is 2.98. The normalized spacial score (nSPS) is 13.5. The van der Waals surface area contributed by atoms with Crippen molar-refractivity contribution in [3.05, 3.63) is 29.3 Å². The van der Waals surface area contributed by atoms with E-state index in [0.717, 1.165) is 18.6 Å². The van der Waals surface area contributed by atoms with Crippen LogP contribution in [-0.4, -0.2) is 13.2 Å². The summed E-state index contributed by atoms with van der Waals surface area (Å²) in [5.74, 6) is 0.980. The highest BCUT2D eigenvalue weighted by molar-refractivity contribution is 5.37. The van der Waals surface area contributed by atoms with E-state index in [9.17, 15) is 0 Å². The number of rotatable bonds is 5. The molecule has 1 aromatic rings. The lowest BCUT2D eigenvalue weighted by atomic mass is 9.80. The van der Waals surface area contributed by atoms with Gasteiger partial charge >= 0.3 is 0 Å². The summed E-state index contributed by atoms with van der Waals surface area (Å²) < 4.78 is 5.42. The highest BCUT2D eigenvalue weighted by Crippen LogP contribution is 2.31. The summed E-state index contributed by atoms with van der Waals surface area (Å²) in [7, 11) is 1.73. The first kappa shape index (κ1) is 14.0. The number of nitrogens with two attached hydrogens (primary N) is 1. The average Bonchev–Trinajstić information content (AvgIpc) is 2.14. The summed E-state index contributed by atoms with van der Waals surface area (Å²) in [6.45, 7) is 8.70. The second-order valence-corrected chi connectivity index (χ2v) is 5.84. The molecule has 2 nitrogen and oxygen atoms in total. The Hall–Kier alpha value is -1.02. The number of hydrogen-bond acceptors (Lipinski definition) is 2. The van der Waals surface area contributed by atoms with E-state index in [2.05, 4.69) is 39.8 Å². The van der Waals surface area contributed by atoms with Crippen molar-refractivity contribution in [1.82, 2.24) is 0 Å². The Balaban J connectivity index is 2.89. The van der Waals surface area contributed by atoms with Crippen molar-refractivity contribution in [2.24, 2.45) is 11.1 Å². The molecule has 1 aromatic carbocycles. The average molecular weight is 235 g/mol. The third kappa shape index (κ3) is 4.39. The lowest BCUT2D eigenvalue weighted by Crippen LogP contribution is -2.26. The summed E-state index contributed by atoms with van der Waals surface area (Å²) in [5, 5.41) is 0. The van der Waals surface area contributed by atoms with Crippen molar-refractivity contribution >= 4 is 0 Å². The lowest BCUT2D eigenvalue weighted by Gasteiger charge is -2.27. The zero-order chi connectivity index (χ0) is 13.1. The molecule has 0 bridgehead atoms.